The highest BCUT2D eigenvalue weighted by atomic mass is 32.2. The third-order valence-corrected chi connectivity index (χ3v) is 6.65. The summed E-state index contributed by atoms with van der Waals surface area (Å²) in [6, 6.07) is 28.3. The number of carbonyl (C=O) groups excluding carboxylic acids is 1. The van der Waals surface area contributed by atoms with Crippen LogP contribution in [0.5, 0.6) is 5.75 Å². The van der Waals surface area contributed by atoms with E-state index >= 15 is 0 Å². The SMILES string of the molecule is COc1ccc(-n2c(-c3ccccc3)c(-c3ccccc3)c3c(SCC(=O)NN)ncnc32)cc1. The number of nitrogens with two attached hydrogens (primary N) is 1. The zero-order chi connectivity index (χ0) is 24.2. The monoisotopic (exact) mass is 481 g/mol. The number of methoxy groups -OCH3 is 1. The lowest BCUT2D eigenvalue weighted by Crippen LogP contribution is -2.31. The van der Waals surface area contributed by atoms with Gasteiger partial charge in [0.05, 0.1) is 23.9 Å². The van der Waals surface area contributed by atoms with Gasteiger partial charge in [0.1, 0.15) is 22.7 Å². The quantitative estimate of drug-likeness (QED) is 0.114. The first kappa shape index (κ1) is 22.6. The molecule has 2 aromatic heterocycles. The van der Waals surface area contributed by atoms with Crippen LogP contribution in [0.15, 0.2) is 96.3 Å². The Bertz CT molecular complexity index is 1470. The number of ether oxygens (including phenoxy) is 1. The third kappa shape index (κ3) is 4.37. The molecule has 0 aliphatic heterocycles. The molecule has 0 aliphatic carbocycles. The fourth-order valence-electron chi connectivity index (χ4n) is 4.11. The second-order valence-electron chi connectivity index (χ2n) is 7.72. The van der Waals surface area contributed by atoms with Gasteiger partial charge in [-0.2, -0.15) is 0 Å². The fraction of sp³-hybridized carbons (Fsp3) is 0.0741. The zero-order valence-corrected chi connectivity index (χ0v) is 19.8. The van der Waals surface area contributed by atoms with E-state index < -0.39 is 0 Å². The van der Waals surface area contributed by atoms with E-state index in [1.165, 1.54) is 18.1 Å². The van der Waals surface area contributed by atoms with Crippen molar-refractivity contribution in [2.24, 2.45) is 5.84 Å². The summed E-state index contributed by atoms with van der Waals surface area (Å²) in [6.07, 6.45) is 1.54. The summed E-state index contributed by atoms with van der Waals surface area (Å²) in [5.41, 5.74) is 7.93. The normalized spacial score (nSPS) is 10.9. The highest BCUT2D eigenvalue weighted by Crippen LogP contribution is 2.44. The van der Waals surface area contributed by atoms with Gasteiger partial charge in [0, 0.05) is 11.3 Å². The Morgan fingerprint density at radius 2 is 1.60 bits per heavy atom. The summed E-state index contributed by atoms with van der Waals surface area (Å²) >= 11 is 1.33. The number of benzene rings is 3. The van der Waals surface area contributed by atoms with E-state index in [1.807, 2.05) is 60.7 Å². The number of fused-ring (bicyclic) bond motifs is 1. The van der Waals surface area contributed by atoms with E-state index in [0.717, 1.165) is 44.9 Å². The van der Waals surface area contributed by atoms with Crippen LogP contribution in [0.4, 0.5) is 0 Å². The van der Waals surface area contributed by atoms with Crippen LogP contribution in [0.3, 0.4) is 0 Å². The molecule has 5 aromatic rings. The van der Waals surface area contributed by atoms with Crippen molar-refractivity contribution < 1.29 is 9.53 Å². The van der Waals surface area contributed by atoms with Crippen LogP contribution in [-0.2, 0) is 4.79 Å². The Balaban J connectivity index is 1.88. The molecule has 0 aliphatic rings. The molecule has 35 heavy (non-hydrogen) atoms. The molecule has 7 nitrogen and oxygen atoms in total. The standard InChI is InChI=1S/C27H23N5O2S/c1-34-21-14-12-20(13-15-21)32-25(19-10-6-3-7-11-19)23(18-8-4-2-5-9-18)24-26(32)29-17-30-27(24)35-16-22(33)31-28/h2-15,17H,16,28H2,1H3,(H,31,33). The van der Waals surface area contributed by atoms with Crippen molar-refractivity contribution in [3.8, 4) is 33.8 Å². The van der Waals surface area contributed by atoms with E-state index in [2.05, 4.69) is 39.2 Å². The van der Waals surface area contributed by atoms with Gasteiger partial charge in [-0.15, -0.1) is 0 Å². The first-order valence-corrected chi connectivity index (χ1v) is 12.0. The van der Waals surface area contributed by atoms with Crippen LogP contribution in [0.25, 0.3) is 39.1 Å². The van der Waals surface area contributed by atoms with Gasteiger partial charge >= 0.3 is 0 Å². The lowest BCUT2D eigenvalue weighted by Gasteiger charge is -2.13. The molecule has 0 fully saturated rings. The molecule has 0 saturated heterocycles. The number of hydrogen-bond donors (Lipinski definition) is 2. The maximum absolute atomic E-state index is 11.9. The highest BCUT2D eigenvalue weighted by molar-refractivity contribution is 8.00. The number of carbonyl (C=O) groups is 1. The minimum atomic E-state index is -0.277. The van der Waals surface area contributed by atoms with Gasteiger partial charge in [0.2, 0.25) is 5.91 Å². The van der Waals surface area contributed by atoms with E-state index in [-0.39, 0.29) is 11.7 Å². The predicted octanol–water partition coefficient (Wildman–Crippen LogP) is 4.85. The molecule has 3 aromatic carbocycles. The first-order chi connectivity index (χ1) is 17.2. The van der Waals surface area contributed by atoms with Crippen LogP contribution in [-0.4, -0.2) is 33.3 Å². The molecule has 0 atom stereocenters. The summed E-state index contributed by atoms with van der Waals surface area (Å²) in [4.78, 5) is 21.2. The Morgan fingerprint density at radius 1 is 0.943 bits per heavy atom. The molecule has 0 saturated carbocycles. The maximum Gasteiger partial charge on any atom is 0.244 e. The molecular formula is C27H23N5O2S. The van der Waals surface area contributed by atoms with Gasteiger partial charge in [-0.1, -0.05) is 72.4 Å². The third-order valence-electron chi connectivity index (χ3n) is 5.66. The molecule has 174 valence electrons. The average Bonchev–Trinajstić information content (AvgIpc) is 3.28. The number of hydrazine groups is 1. The number of nitrogens with zero attached hydrogens (tertiary/aromatic N) is 3. The Kier molecular flexibility index (Phi) is 6.47. The lowest BCUT2D eigenvalue weighted by molar-refractivity contribution is -0.118. The topological polar surface area (TPSA) is 95.1 Å². The van der Waals surface area contributed by atoms with Crippen LogP contribution >= 0.6 is 11.8 Å². The fourth-order valence-corrected chi connectivity index (χ4v) is 4.92. The molecule has 3 N–H and O–H groups in total. The predicted molar refractivity (Wildman–Crippen MR) is 139 cm³/mol. The Hall–Kier alpha value is -4.14. The van der Waals surface area contributed by atoms with Gasteiger partial charge in [0.15, 0.2) is 0 Å². The van der Waals surface area contributed by atoms with Crippen LogP contribution in [0.1, 0.15) is 0 Å². The minimum absolute atomic E-state index is 0.144. The van der Waals surface area contributed by atoms with Crippen molar-refractivity contribution >= 4 is 28.7 Å². The maximum atomic E-state index is 11.9. The van der Waals surface area contributed by atoms with Crippen LogP contribution in [0.2, 0.25) is 0 Å². The molecule has 0 radical (unpaired) electrons. The van der Waals surface area contributed by atoms with Crippen molar-refractivity contribution in [2.75, 3.05) is 12.9 Å². The number of thioether (sulfide) groups is 1. The summed E-state index contributed by atoms with van der Waals surface area (Å²) in [5.74, 6) is 5.95. The molecule has 0 unspecified atom stereocenters. The van der Waals surface area contributed by atoms with E-state index in [4.69, 9.17) is 15.6 Å². The largest absolute Gasteiger partial charge is 0.497 e. The number of hydrogen-bond acceptors (Lipinski definition) is 6. The Labute approximate surface area is 206 Å². The molecule has 0 spiro atoms. The van der Waals surface area contributed by atoms with Crippen molar-refractivity contribution in [3.63, 3.8) is 0 Å². The second-order valence-corrected chi connectivity index (χ2v) is 8.69. The molecule has 1 amide bonds. The van der Waals surface area contributed by atoms with E-state index in [9.17, 15) is 4.79 Å². The van der Waals surface area contributed by atoms with Gasteiger partial charge in [-0.3, -0.25) is 14.8 Å². The number of aromatic nitrogens is 3. The summed E-state index contributed by atoms with van der Waals surface area (Å²) in [7, 11) is 1.65. The van der Waals surface area contributed by atoms with Gasteiger partial charge in [-0.05, 0) is 35.4 Å². The summed E-state index contributed by atoms with van der Waals surface area (Å²) in [6.45, 7) is 0. The summed E-state index contributed by atoms with van der Waals surface area (Å²) < 4.78 is 7.52. The molecule has 5 rings (SSSR count). The molecular weight excluding hydrogens is 458 g/mol. The molecule has 8 heteroatoms. The molecule has 0 bridgehead atoms. The van der Waals surface area contributed by atoms with E-state index in [1.54, 1.807) is 7.11 Å². The zero-order valence-electron chi connectivity index (χ0n) is 19.0. The number of nitrogens with one attached hydrogen (secondary N) is 1. The van der Waals surface area contributed by atoms with Gasteiger partial charge < -0.3 is 4.74 Å². The van der Waals surface area contributed by atoms with Gasteiger partial charge in [0.25, 0.3) is 0 Å². The second kappa shape index (κ2) is 10.0. The number of amides is 1. The lowest BCUT2D eigenvalue weighted by atomic mass is 9.99. The van der Waals surface area contributed by atoms with Crippen molar-refractivity contribution in [1.82, 2.24) is 20.0 Å². The first-order valence-electron chi connectivity index (χ1n) is 11.0. The van der Waals surface area contributed by atoms with Gasteiger partial charge in [-0.25, -0.2) is 15.8 Å². The highest BCUT2D eigenvalue weighted by Gasteiger charge is 2.25. The van der Waals surface area contributed by atoms with Crippen LogP contribution in [0, 0.1) is 0 Å². The Morgan fingerprint density at radius 3 is 2.23 bits per heavy atom. The number of rotatable bonds is 7. The van der Waals surface area contributed by atoms with E-state index in [0.29, 0.717) is 5.03 Å². The van der Waals surface area contributed by atoms with Crippen molar-refractivity contribution in [2.45, 2.75) is 5.03 Å². The average molecular weight is 482 g/mol. The smallest absolute Gasteiger partial charge is 0.244 e. The van der Waals surface area contributed by atoms with Crippen molar-refractivity contribution in [1.29, 1.82) is 0 Å². The molecule has 2 heterocycles. The van der Waals surface area contributed by atoms with Crippen molar-refractivity contribution in [3.05, 3.63) is 91.3 Å². The minimum Gasteiger partial charge on any atom is -0.497 e. The summed E-state index contributed by atoms with van der Waals surface area (Å²) in [5, 5.41) is 1.59. The van der Waals surface area contributed by atoms with Crippen LogP contribution < -0.4 is 16.0 Å².